The number of benzene rings is 2. The molecule has 0 bridgehead atoms. The Hall–Kier alpha value is -0.600. The lowest BCUT2D eigenvalue weighted by atomic mass is 10.1. The molecule has 4 heteroatoms. The molecule has 2 rings (SSSR count). The fourth-order valence-corrected chi connectivity index (χ4v) is 1.26. The highest BCUT2D eigenvalue weighted by atomic mass is 32.9. The summed E-state index contributed by atoms with van der Waals surface area (Å²) in [7, 11) is 0. The molecule has 0 aliphatic rings. The zero-order valence-electron chi connectivity index (χ0n) is 8.58. The molecule has 0 radical (unpaired) electrons. The second-order valence-corrected chi connectivity index (χ2v) is 6.92. The van der Waals surface area contributed by atoms with Crippen LogP contribution in [-0.2, 0) is 11.8 Å². The van der Waals surface area contributed by atoms with E-state index in [9.17, 15) is 0 Å². The van der Waals surface area contributed by atoms with Crippen LogP contribution in [0, 0.1) is 0 Å². The summed E-state index contributed by atoms with van der Waals surface area (Å²) >= 11 is 7.58. The van der Waals surface area contributed by atoms with Gasteiger partial charge in [-0.15, -0.1) is 12.2 Å². The number of hydrogen-bond donors (Lipinski definition) is 2. The first-order valence-corrected chi connectivity index (χ1v) is 8.59. The molecule has 0 amide bonds. The first-order chi connectivity index (χ1) is 7.70. The monoisotopic (exact) mass is 268 g/mol. The molecule has 1 nitrogen and oxygen atoms in total. The minimum atomic E-state index is -1.60. The summed E-state index contributed by atoms with van der Waals surface area (Å²) in [5.74, 6) is 0. The Bertz CT molecular complexity index is 390. The van der Waals surface area contributed by atoms with Crippen LogP contribution in [0.4, 0.5) is 0 Å². The van der Waals surface area contributed by atoms with Crippen molar-refractivity contribution in [2.75, 3.05) is 0 Å². The molecule has 0 spiro atoms. The van der Waals surface area contributed by atoms with Crippen LogP contribution in [0.3, 0.4) is 0 Å². The van der Waals surface area contributed by atoms with Gasteiger partial charge in [0.1, 0.15) is 6.13 Å². The second kappa shape index (κ2) is 7.64. The van der Waals surface area contributed by atoms with Gasteiger partial charge in [-0.2, -0.15) is 0 Å². The smallest absolute Gasteiger partial charge is 0.101 e. The van der Waals surface area contributed by atoms with Crippen LogP contribution >= 0.6 is 18.4 Å². The van der Waals surface area contributed by atoms with Gasteiger partial charge in [-0.1, -0.05) is 72.5 Å². The largest absolute Gasteiger partial charge is 0.359 e. The number of thiol groups is 1. The molecule has 2 aromatic carbocycles. The average molecular weight is 268 g/mol. The molecule has 2 aromatic rings. The lowest BCUT2D eigenvalue weighted by molar-refractivity contribution is 0.658. The summed E-state index contributed by atoms with van der Waals surface area (Å²) in [6.45, 7) is 0. The normalized spacial score (nSPS) is 11.1. The summed E-state index contributed by atoms with van der Waals surface area (Å²) in [5, 5.41) is 0. The van der Waals surface area contributed by atoms with E-state index in [1.807, 2.05) is 12.1 Å². The van der Waals surface area contributed by atoms with Gasteiger partial charge in [0.2, 0.25) is 0 Å². The summed E-state index contributed by atoms with van der Waals surface area (Å²) in [6, 6.07) is 20.8. The summed E-state index contributed by atoms with van der Waals surface area (Å²) in [5.41, 5.74) is 2.55. The molecule has 0 saturated carbocycles. The Morgan fingerprint density at radius 1 is 0.812 bits per heavy atom. The standard InChI is InChI=1S/C12H10.H3OPS2/c1-3-7-11(8-4-1)12-9-5-2-6-10-12;1-2(3)4/h1-10H;2H,(H2,1,3,4). The molecular weight excluding hydrogens is 255 g/mol. The fraction of sp³-hybridized carbons (Fsp3) is 0. The van der Waals surface area contributed by atoms with Gasteiger partial charge < -0.3 is 4.89 Å². The topological polar surface area (TPSA) is 20.2 Å². The van der Waals surface area contributed by atoms with Crippen molar-refractivity contribution >= 4 is 30.2 Å². The van der Waals surface area contributed by atoms with Crippen molar-refractivity contribution in [3.05, 3.63) is 60.7 Å². The van der Waals surface area contributed by atoms with Crippen LogP contribution in [0.15, 0.2) is 60.7 Å². The molecule has 0 aliphatic carbocycles. The average Bonchev–Trinajstić information content (AvgIpc) is 2.31. The Morgan fingerprint density at radius 3 is 1.31 bits per heavy atom. The van der Waals surface area contributed by atoms with E-state index in [1.165, 1.54) is 11.1 Å². The van der Waals surface area contributed by atoms with Gasteiger partial charge >= 0.3 is 0 Å². The molecule has 0 heterocycles. The molecule has 0 aliphatic heterocycles. The predicted octanol–water partition coefficient (Wildman–Crippen LogP) is 3.77. The van der Waals surface area contributed by atoms with Gasteiger partial charge in [0, 0.05) is 0 Å². The van der Waals surface area contributed by atoms with Crippen molar-refractivity contribution in [3.63, 3.8) is 0 Å². The summed E-state index contributed by atoms with van der Waals surface area (Å²) < 4.78 is 0. The SMILES string of the molecule is O[PH](=S)S.c1ccc(-c2ccccc2)cc1. The Kier molecular flexibility index (Phi) is 6.43. The third-order valence-corrected chi connectivity index (χ3v) is 1.88. The van der Waals surface area contributed by atoms with Crippen LogP contribution in [0.5, 0.6) is 0 Å². The van der Waals surface area contributed by atoms with E-state index in [0.29, 0.717) is 0 Å². The molecule has 16 heavy (non-hydrogen) atoms. The Balaban J connectivity index is 0.000000280. The van der Waals surface area contributed by atoms with Crippen LogP contribution in [0.1, 0.15) is 0 Å². The number of hydrogen-bond acceptors (Lipinski definition) is 1. The highest BCUT2D eigenvalue weighted by molar-refractivity contribution is 8.54. The van der Waals surface area contributed by atoms with Gasteiger partial charge in [-0.3, -0.25) is 0 Å². The first kappa shape index (κ1) is 13.5. The van der Waals surface area contributed by atoms with Gasteiger partial charge in [0.15, 0.2) is 0 Å². The first-order valence-electron chi connectivity index (χ1n) is 4.72. The van der Waals surface area contributed by atoms with E-state index in [0.717, 1.165) is 0 Å². The maximum Gasteiger partial charge on any atom is 0.101 e. The molecule has 84 valence electrons. The van der Waals surface area contributed by atoms with Gasteiger partial charge in [0.25, 0.3) is 0 Å². The van der Waals surface area contributed by atoms with Gasteiger partial charge in [-0.05, 0) is 11.1 Å². The van der Waals surface area contributed by atoms with Gasteiger partial charge in [0.05, 0.1) is 0 Å². The second-order valence-electron chi connectivity index (χ2n) is 3.01. The van der Waals surface area contributed by atoms with Crippen molar-refractivity contribution in [2.45, 2.75) is 0 Å². The predicted molar refractivity (Wildman–Crippen MR) is 78.8 cm³/mol. The lowest BCUT2D eigenvalue weighted by Crippen LogP contribution is -1.73. The van der Waals surface area contributed by atoms with E-state index < -0.39 is 6.13 Å². The van der Waals surface area contributed by atoms with Crippen molar-refractivity contribution in [3.8, 4) is 11.1 Å². The maximum absolute atomic E-state index is 7.84. The third kappa shape index (κ3) is 5.47. The molecular formula is C12H13OPS2. The molecule has 1 unspecified atom stereocenters. The van der Waals surface area contributed by atoms with Crippen molar-refractivity contribution in [2.24, 2.45) is 0 Å². The van der Waals surface area contributed by atoms with Crippen LogP contribution in [0.25, 0.3) is 11.1 Å². The minimum absolute atomic E-state index is 1.28. The summed E-state index contributed by atoms with van der Waals surface area (Å²) in [4.78, 5) is 7.84. The highest BCUT2D eigenvalue weighted by Crippen LogP contribution is 2.17. The van der Waals surface area contributed by atoms with Crippen LogP contribution in [-0.4, -0.2) is 4.89 Å². The van der Waals surface area contributed by atoms with Crippen molar-refractivity contribution < 1.29 is 4.89 Å². The van der Waals surface area contributed by atoms with E-state index in [-0.39, 0.29) is 0 Å². The third-order valence-electron chi connectivity index (χ3n) is 1.88. The maximum atomic E-state index is 7.84. The quantitative estimate of drug-likeness (QED) is 0.606. The van der Waals surface area contributed by atoms with E-state index in [4.69, 9.17) is 4.89 Å². The highest BCUT2D eigenvalue weighted by Gasteiger charge is 1.91. The van der Waals surface area contributed by atoms with Gasteiger partial charge in [-0.25, -0.2) is 0 Å². The Morgan fingerprint density at radius 2 is 1.06 bits per heavy atom. The van der Waals surface area contributed by atoms with Crippen LogP contribution < -0.4 is 0 Å². The number of rotatable bonds is 1. The molecule has 0 fully saturated rings. The molecule has 1 N–H and O–H groups in total. The van der Waals surface area contributed by atoms with Crippen molar-refractivity contribution in [1.29, 1.82) is 0 Å². The van der Waals surface area contributed by atoms with E-state index in [1.54, 1.807) is 0 Å². The zero-order chi connectivity index (χ0) is 11.8. The van der Waals surface area contributed by atoms with E-state index in [2.05, 4.69) is 72.6 Å². The molecule has 1 atom stereocenters. The Labute approximate surface area is 107 Å². The van der Waals surface area contributed by atoms with Crippen LogP contribution in [0.2, 0.25) is 0 Å². The fourth-order valence-electron chi connectivity index (χ4n) is 1.26. The lowest BCUT2D eigenvalue weighted by Gasteiger charge is -1.98. The summed E-state index contributed by atoms with van der Waals surface area (Å²) in [6.07, 6.45) is -1.60. The van der Waals surface area contributed by atoms with E-state index >= 15 is 0 Å². The molecule has 0 saturated heterocycles. The zero-order valence-corrected chi connectivity index (χ0v) is 11.3. The van der Waals surface area contributed by atoms with Crippen molar-refractivity contribution in [1.82, 2.24) is 0 Å². The minimum Gasteiger partial charge on any atom is -0.359 e. The molecule has 0 aromatic heterocycles.